The summed E-state index contributed by atoms with van der Waals surface area (Å²) in [4.78, 5) is 22.2. The van der Waals surface area contributed by atoms with Crippen LogP contribution in [0, 0.1) is 25.2 Å². The van der Waals surface area contributed by atoms with Crippen molar-refractivity contribution in [3.05, 3.63) is 104 Å². The van der Waals surface area contributed by atoms with E-state index in [2.05, 4.69) is 36.2 Å². The molecule has 164 valence electrons. The summed E-state index contributed by atoms with van der Waals surface area (Å²) in [7, 11) is 0. The Morgan fingerprint density at radius 3 is 2.58 bits per heavy atom. The molecule has 5 nitrogen and oxygen atoms in total. The van der Waals surface area contributed by atoms with E-state index in [1.165, 1.54) is 0 Å². The molecule has 3 heterocycles. The van der Waals surface area contributed by atoms with E-state index in [0.717, 1.165) is 32.3 Å². The van der Waals surface area contributed by atoms with Crippen molar-refractivity contribution in [1.82, 2.24) is 4.98 Å². The molecular formula is C27H24N4OS. The molecule has 3 aromatic rings. The Bertz CT molecular complexity index is 1330. The lowest BCUT2D eigenvalue weighted by Crippen LogP contribution is -2.40. The number of aryl methyl sites for hydroxylation is 2. The number of nitrogens with two attached hydrogens (primary N) is 1. The van der Waals surface area contributed by atoms with Crippen molar-refractivity contribution in [3.63, 3.8) is 0 Å². The number of benzene rings is 1. The molecule has 0 bridgehead atoms. The van der Waals surface area contributed by atoms with Gasteiger partial charge in [0.1, 0.15) is 5.82 Å². The predicted octanol–water partition coefficient (Wildman–Crippen LogP) is 5.46. The van der Waals surface area contributed by atoms with Crippen LogP contribution in [0.4, 0.5) is 5.69 Å². The molecule has 2 N–H and O–H groups in total. The van der Waals surface area contributed by atoms with E-state index in [-0.39, 0.29) is 11.7 Å². The molecule has 1 aliphatic carbocycles. The lowest BCUT2D eigenvalue weighted by Gasteiger charge is -2.41. The van der Waals surface area contributed by atoms with Gasteiger partial charge in [-0.25, -0.2) is 0 Å². The monoisotopic (exact) mass is 452 g/mol. The van der Waals surface area contributed by atoms with Gasteiger partial charge in [-0.05, 0) is 55.5 Å². The molecule has 0 amide bonds. The first-order valence-electron chi connectivity index (χ1n) is 11.0. The Kier molecular flexibility index (Phi) is 5.35. The summed E-state index contributed by atoms with van der Waals surface area (Å²) in [6.45, 7) is 4.10. The maximum absolute atomic E-state index is 13.8. The standard InChI is InChI=1S/C27H24N4OS/c1-16-11-21(17(2)33-16)25-22(14-28)27(29)31(20-9-6-10-30-15-20)23-12-19(13-24(32)26(23)25)18-7-4-3-5-8-18/h3-11,15,19,25H,12-13,29H2,1-2H3. The highest BCUT2D eigenvalue weighted by molar-refractivity contribution is 7.12. The molecule has 2 aromatic heterocycles. The number of Topliss-reactive ketones (excluding diaryl/α,β-unsaturated/α-hetero) is 1. The number of nitrogens with zero attached hydrogens (tertiary/aromatic N) is 3. The Hall–Kier alpha value is -3.69. The predicted molar refractivity (Wildman–Crippen MR) is 131 cm³/mol. The summed E-state index contributed by atoms with van der Waals surface area (Å²) < 4.78 is 0. The highest BCUT2D eigenvalue weighted by atomic mass is 32.1. The second kappa shape index (κ2) is 8.34. The first-order chi connectivity index (χ1) is 16.0. The van der Waals surface area contributed by atoms with Gasteiger partial charge >= 0.3 is 0 Å². The number of hydrogen-bond acceptors (Lipinski definition) is 6. The highest BCUT2D eigenvalue weighted by Crippen LogP contribution is 2.50. The van der Waals surface area contributed by atoms with E-state index >= 15 is 0 Å². The highest BCUT2D eigenvalue weighted by Gasteiger charge is 2.43. The van der Waals surface area contributed by atoms with E-state index < -0.39 is 5.92 Å². The number of thiophene rings is 1. The second-order valence-electron chi connectivity index (χ2n) is 8.56. The zero-order chi connectivity index (χ0) is 23.1. The average Bonchev–Trinajstić information content (AvgIpc) is 3.16. The smallest absolute Gasteiger partial charge is 0.162 e. The first-order valence-corrected chi connectivity index (χ1v) is 11.8. The van der Waals surface area contributed by atoms with Gasteiger partial charge < -0.3 is 5.73 Å². The molecule has 2 atom stereocenters. The topological polar surface area (TPSA) is 83.0 Å². The molecule has 6 heteroatoms. The summed E-state index contributed by atoms with van der Waals surface area (Å²) in [6, 6.07) is 18.3. The minimum atomic E-state index is -0.438. The van der Waals surface area contributed by atoms with E-state index in [4.69, 9.17) is 5.73 Å². The zero-order valence-corrected chi connectivity index (χ0v) is 19.4. The molecular weight excluding hydrogens is 428 g/mol. The van der Waals surface area contributed by atoms with Gasteiger partial charge in [-0.1, -0.05) is 30.3 Å². The second-order valence-corrected chi connectivity index (χ2v) is 10.0. The normalized spacial score (nSPS) is 20.6. The molecule has 5 rings (SSSR count). The van der Waals surface area contributed by atoms with Crippen LogP contribution in [0.25, 0.3) is 0 Å². The van der Waals surface area contributed by atoms with Crippen molar-refractivity contribution >= 4 is 22.8 Å². The number of carbonyl (C=O) groups is 1. The number of hydrogen-bond donors (Lipinski definition) is 1. The Balaban J connectivity index is 1.74. The van der Waals surface area contributed by atoms with Crippen molar-refractivity contribution < 1.29 is 4.79 Å². The van der Waals surface area contributed by atoms with E-state index in [1.54, 1.807) is 23.7 Å². The van der Waals surface area contributed by atoms with Crippen LogP contribution in [0.3, 0.4) is 0 Å². The number of anilines is 1. The van der Waals surface area contributed by atoms with Crippen molar-refractivity contribution in [2.24, 2.45) is 5.73 Å². The third kappa shape index (κ3) is 3.55. The van der Waals surface area contributed by atoms with Crippen molar-refractivity contribution in [2.45, 2.75) is 38.5 Å². The molecule has 1 aromatic carbocycles. The fourth-order valence-corrected chi connectivity index (χ4v) is 6.08. The molecule has 2 unspecified atom stereocenters. The van der Waals surface area contributed by atoms with Crippen LogP contribution < -0.4 is 10.6 Å². The largest absolute Gasteiger partial charge is 0.384 e. The van der Waals surface area contributed by atoms with Gasteiger partial charge in [-0.3, -0.25) is 14.7 Å². The number of rotatable bonds is 3. The minimum Gasteiger partial charge on any atom is -0.384 e. The molecule has 0 saturated carbocycles. The summed E-state index contributed by atoms with van der Waals surface area (Å²) in [5, 5.41) is 10.2. The van der Waals surface area contributed by atoms with Crippen molar-refractivity contribution in [3.8, 4) is 6.07 Å². The van der Waals surface area contributed by atoms with E-state index in [1.807, 2.05) is 42.2 Å². The maximum atomic E-state index is 13.8. The van der Waals surface area contributed by atoms with E-state index in [9.17, 15) is 10.1 Å². The molecule has 0 spiro atoms. The number of pyridine rings is 1. The lowest BCUT2D eigenvalue weighted by molar-refractivity contribution is -0.116. The molecule has 1 aliphatic heterocycles. The summed E-state index contributed by atoms with van der Waals surface area (Å²) in [6.07, 6.45) is 4.51. The Labute approximate surface area is 197 Å². The summed E-state index contributed by atoms with van der Waals surface area (Å²) in [5.41, 5.74) is 11.6. The molecule has 0 radical (unpaired) electrons. The third-order valence-electron chi connectivity index (χ3n) is 6.53. The summed E-state index contributed by atoms with van der Waals surface area (Å²) in [5.74, 6) is 0.0672. The number of nitriles is 1. The van der Waals surface area contributed by atoms with Crippen LogP contribution in [0.15, 0.2) is 83.6 Å². The van der Waals surface area contributed by atoms with Crippen LogP contribution in [0.5, 0.6) is 0 Å². The van der Waals surface area contributed by atoms with Crippen LogP contribution in [-0.2, 0) is 4.79 Å². The van der Waals surface area contributed by atoms with Crippen LogP contribution in [0.2, 0.25) is 0 Å². The third-order valence-corrected chi connectivity index (χ3v) is 7.51. The Morgan fingerprint density at radius 1 is 1.15 bits per heavy atom. The fraction of sp³-hybridized carbons (Fsp3) is 0.222. The van der Waals surface area contributed by atoms with Crippen molar-refractivity contribution in [1.29, 1.82) is 5.26 Å². The molecule has 33 heavy (non-hydrogen) atoms. The maximum Gasteiger partial charge on any atom is 0.162 e. The zero-order valence-electron chi connectivity index (χ0n) is 18.6. The molecule has 0 saturated heterocycles. The van der Waals surface area contributed by atoms with Gasteiger partial charge in [-0.15, -0.1) is 11.3 Å². The van der Waals surface area contributed by atoms with Gasteiger partial charge in [0.25, 0.3) is 0 Å². The lowest BCUT2D eigenvalue weighted by atomic mass is 9.72. The fourth-order valence-electron chi connectivity index (χ4n) is 5.12. The number of ketones is 1. The summed E-state index contributed by atoms with van der Waals surface area (Å²) >= 11 is 1.68. The minimum absolute atomic E-state index is 0.0546. The number of allylic oxidation sites excluding steroid dienone is 3. The van der Waals surface area contributed by atoms with Gasteiger partial charge in [0.15, 0.2) is 5.78 Å². The SMILES string of the molecule is Cc1cc(C2C(C#N)=C(N)N(c3cccnc3)C3=C2C(=O)CC(c2ccccc2)C3)c(C)s1. The van der Waals surface area contributed by atoms with Crippen LogP contribution in [0.1, 0.15) is 45.6 Å². The first kappa shape index (κ1) is 21.2. The van der Waals surface area contributed by atoms with Crippen LogP contribution in [-0.4, -0.2) is 10.8 Å². The van der Waals surface area contributed by atoms with Gasteiger partial charge in [0.2, 0.25) is 0 Å². The van der Waals surface area contributed by atoms with Gasteiger partial charge in [-0.2, -0.15) is 5.26 Å². The van der Waals surface area contributed by atoms with Gasteiger partial charge in [0, 0.05) is 33.6 Å². The van der Waals surface area contributed by atoms with Gasteiger partial charge in [0.05, 0.1) is 29.4 Å². The quantitative estimate of drug-likeness (QED) is 0.571. The average molecular weight is 453 g/mol. The van der Waals surface area contributed by atoms with Crippen molar-refractivity contribution in [2.75, 3.05) is 4.90 Å². The number of carbonyl (C=O) groups excluding carboxylic acids is 1. The Morgan fingerprint density at radius 2 is 1.94 bits per heavy atom. The van der Waals surface area contributed by atoms with E-state index in [0.29, 0.717) is 29.8 Å². The molecule has 2 aliphatic rings. The van der Waals surface area contributed by atoms with Crippen LogP contribution >= 0.6 is 11.3 Å². The number of aromatic nitrogens is 1. The molecule has 0 fully saturated rings.